The molecule has 0 aromatic heterocycles. The summed E-state index contributed by atoms with van der Waals surface area (Å²) in [5, 5.41) is 3.57. The molecule has 1 aliphatic rings. The van der Waals surface area contributed by atoms with Gasteiger partial charge in [0.05, 0.1) is 5.02 Å². The van der Waals surface area contributed by atoms with Gasteiger partial charge in [0, 0.05) is 23.2 Å². The molecule has 2 N–H and O–H groups in total. The highest BCUT2D eigenvalue weighted by molar-refractivity contribution is 7.89. The summed E-state index contributed by atoms with van der Waals surface area (Å²) in [6.45, 7) is 0.421. The molecule has 0 aliphatic heterocycles. The number of sulfonamides is 1. The normalized spacial score (nSPS) is 16.4. The van der Waals surface area contributed by atoms with Gasteiger partial charge in [0.15, 0.2) is 0 Å². The highest BCUT2D eigenvalue weighted by atomic mass is 35.5. The molecule has 0 bridgehead atoms. The van der Waals surface area contributed by atoms with E-state index in [1.165, 1.54) is 6.07 Å². The zero-order valence-corrected chi connectivity index (χ0v) is 12.9. The SMILES string of the molecule is CNCc1c(Cl)ccc(S(=O)(=O)NC2CCC2)c1Cl. The van der Waals surface area contributed by atoms with Crippen molar-refractivity contribution in [3.05, 3.63) is 27.7 Å². The van der Waals surface area contributed by atoms with Crippen LogP contribution in [0.2, 0.25) is 10.0 Å². The zero-order valence-electron chi connectivity index (χ0n) is 10.5. The van der Waals surface area contributed by atoms with Gasteiger partial charge in [-0.25, -0.2) is 13.1 Å². The molecule has 106 valence electrons. The molecule has 1 aromatic rings. The van der Waals surface area contributed by atoms with Crippen molar-refractivity contribution in [2.24, 2.45) is 0 Å². The first-order valence-electron chi connectivity index (χ1n) is 6.09. The minimum Gasteiger partial charge on any atom is -0.316 e. The quantitative estimate of drug-likeness (QED) is 0.875. The Hall–Kier alpha value is -0.330. The van der Waals surface area contributed by atoms with Gasteiger partial charge in [-0.05, 0) is 32.0 Å². The van der Waals surface area contributed by atoms with E-state index in [0.717, 1.165) is 19.3 Å². The fourth-order valence-corrected chi connectivity index (χ4v) is 4.15. The summed E-state index contributed by atoms with van der Waals surface area (Å²) in [5.41, 5.74) is 0.599. The van der Waals surface area contributed by atoms with Crippen molar-refractivity contribution in [3.8, 4) is 0 Å². The van der Waals surface area contributed by atoms with Crippen LogP contribution in [-0.4, -0.2) is 21.5 Å². The Morgan fingerprint density at radius 3 is 2.53 bits per heavy atom. The zero-order chi connectivity index (χ0) is 14.0. The van der Waals surface area contributed by atoms with Crippen LogP contribution in [0.3, 0.4) is 0 Å². The number of benzene rings is 1. The molecule has 0 amide bonds. The Bertz CT molecular complexity index is 571. The number of hydrogen-bond donors (Lipinski definition) is 2. The van der Waals surface area contributed by atoms with Crippen LogP contribution in [0.5, 0.6) is 0 Å². The predicted molar refractivity (Wildman–Crippen MR) is 77.2 cm³/mol. The van der Waals surface area contributed by atoms with Gasteiger partial charge in [-0.1, -0.05) is 29.6 Å². The first-order chi connectivity index (χ1) is 8.95. The Morgan fingerprint density at radius 1 is 1.32 bits per heavy atom. The molecule has 4 nitrogen and oxygen atoms in total. The molecular formula is C12H16Cl2N2O2S. The van der Waals surface area contributed by atoms with Crippen molar-refractivity contribution in [2.75, 3.05) is 7.05 Å². The van der Waals surface area contributed by atoms with Gasteiger partial charge in [-0.2, -0.15) is 0 Å². The summed E-state index contributed by atoms with van der Waals surface area (Å²) in [4.78, 5) is 0.0933. The van der Waals surface area contributed by atoms with Gasteiger partial charge in [-0.3, -0.25) is 0 Å². The lowest BCUT2D eigenvalue weighted by molar-refractivity contribution is 0.383. The lowest BCUT2D eigenvalue weighted by Crippen LogP contribution is -2.39. The molecule has 2 rings (SSSR count). The predicted octanol–water partition coefficient (Wildman–Crippen LogP) is 2.54. The Balaban J connectivity index is 2.35. The van der Waals surface area contributed by atoms with Crippen LogP contribution in [0, 0.1) is 0 Å². The molecule has 1 saturated carbocycles. The van der Waals surface area contributed by atoms with E-state index in [9.17, 15) is 8.42 Å². The van der Waals surface area contributed by atoms with E-state index < -0.39 is 10.0 Å². The van der Waals surface area contributed by atoms with E-state index in [-0.39, 0.29) is 16.0 Å². The van der Waals surface area contributed by atoms with Gasteiger partial charge in [0.2, 0.25) is 10.0 Å². The summed E-state index contributed by atoms with van der Waals surface area (Å²) in [6, 6.07) is 3.05. The Morgan fingerprint density at radius 2 is 2.00 bits per heavy atom. The standard InChI is InChI=1S/C12H16Cl2N2O2S/c1-15-7-9-10(13)5-6-11(12(9)14)19(17,18)16-8-3-2-4-8/h5-6,8,15-16H,2-4,7H2,1H3. The van der Waals surface area contributed by atoms with E-state index in [4.69, 9.17) is 23.2 Å². The maximum Gasteiger partial charge on any atom is 0.242 e. The molecule has 0 unspecified atom stereocenters. The average Bonchev–Trinajstić information content (AvgIpc) is 2.29. The van der Waals surface area contributed by atoms with E-state index >= 15 is 0 Å². The molecular weight excluding hydrogens is 307 g/mol. The second kappa shape index (κ2) is 5.97. The molecule has 0 atom stereocenters. The van der Waals surface area contributed by atoms with Crippen molar-refractivity contribution in [1.29, 1.82) is 0 Å². The van der Waals surface area contributed by atoms with Crippen LogP contribution >= 0.6 is 23.2 Å². The molecule has 19 heavy (non-hydrogen) atoms. The van der Waals surface area contributed by atoms with Crippen molar-refractivity contribution < 1.29 is 8.42 Å². The summed E-state index contributed by atoms with van der Waals surface area (Å²) in [6.07, 6.45) is 2.83. The summed E-state index contributed by atoms with van der Waals surface area (Å²) < 4.78 is 27.2. The van der Waals surface area contributed by atoms with Crippen LogP contribution in [-0.2, 0) is 16.6 Å². The molecule has 1 aliphatic carbocycles. The van der Waals surface area contributed by atoms with Gasteiger partial charge in [0.25, 0.3) is 0 Å². The van der Waals surface area contributed by atoms with Gasteiger partial charge in [-0.15, -0.1) is 0 Å². The van der Waals surface area contributed by atoms with Gasteiger partial charge < -0.3 is 5.32 Å². The molecule has 0 saturated heterocycles. The average molecular weight is 323 g/mol. The van der Waals surface area contributed by atoms with Gasteiger partial charge >= 0.3 is 0 Å². The minimum atomic E-state index is -3.58. The van der Waals surface area contributed by atoms with E-state index in [2.05, 4.69) is 10.0 Å². The van der Waals surface area contributed by atoms with Crippen molar-refractivity contribution in [1.82, 2.24) is 10.0 Å². The minimum absolute atomic E-state index is 0.0319. The van der Waals surface area contributed by atoms with E-state index in [0.29, 0.717) is 17.1 Å². The van der Waals surface area contributed by atoms with Crippen molar-refractivity contribution in [2.45, 2.75) is 36.7 Å². The van der Waals surface area contributed by atoms with Crippen LogP contribution < -0.4 is 10.0 Å². The third-order valence-corrected chi connectivity index (χ3v) is 5.68. The topological polar surface area (TPSA) is 58.2 Å². The molecule has 1 aromatic carbocycles. The smallest absolute Gasteiger partial charge is 0.242 e. The molecule has 0 spiro atoms. The lowest BCUT2D eigenvalue weighted by Gasteiger charge is -2.26. The first-order valence-corrected chi connectivity index (χ1v) is 8.33. The number of hydrogen-bond acceptors (Lipinski definition) is 3. The monoisotopic (exact) mass is 322 g/mol. The summed E-state index contributed by atoms with van der Waals surface area (Å²) >= 11 is 12.2. The molecule has 0 heterocycles. The molecule has 0 radical (unpaired) electrons. The van der Waals surface area contributed by atoms with Crippen LogP contribution in [0.15, 0.2) is 17.0 Å². The highest BCUT2D eigenvalue weighted by Crippen LogP contribution is 2.32. The Kier molecular flexibility index (Phi) is 4.74. The molecule has 1 fully saturated rings. The summed E-state index contributed by atoms with van der Waals surface area (Å²) in [7, 11) is -1.83. The van der Waals surface area contributed by atoms with Gasteiger partial charge in [0.1, 0.15) is 4.90 Å². The van der Waals surface area contributed by atoms with E-state index in [1.807, 2.05) is 0 Å². The second-order valence-electron chi connectivity index (χ2n) is 4.62. The number of rotatable bonds is 5. The number of nitrogens with one attached hydrogen (secondary N) is 2. The van der Waals surface area contributed by atoms with Crippen LogP contribution in [0.1, 0.15) is 24.8 Å². The lowest BCUT2D eigenvalue weighted by atomic mass is 9.94. The van der Waals surface area contributed by atoms with Crippen LogP contribution in [0.4, 0.5) is 0 Å². The maximum atomic E-state index is 12.3. The Labute approximate surface area is 123 Å². The largest absolute Gasteiger partial charge is 0.316 e. The van der Waals surface area contributed by atoms with Crippen molar-refractivity contribution >= 4 is 33.2 Å². The van der Waals surface area contributed by atoms with E-state index in [1.54, 1.807) is 13.1 Å². The van der Waals surface area contributed by atoms with Crippen LogP contribution in [0.25, 0.3) is 0 Å². The summed E-state index contributed by atoms with van der Waals surface area (Å²) in [5.74, 6) is 0. The fraction of sp³-hybridized carbons (Fsp3) is 0.500. The highest BCUT2D eigenvalue weighted by Gasteiger charge is 2.27. The maximum absolute atomic E-state index is 12.3. The van der Waals surface area contributed by atoms with Crippen molar-refractivity contribution in [3.63, 3.8) is 0 Å². The first kappa shape index (κ1) is 15.1. The molecule has 7 heteroatoms. The third-order valence-electron chi connectivity index (χ3n) is 3.22. The number of halogens is 2. The third kappa shape index (κ3) is 3.23. The fourth-order valence-electron chi connectivity index (χ4n) is 1.93. The second-order valence-corrected chi connectivity index (χ2v) is 7.09.